The Morgan fingerprint density at radius 1 is 1.42 bits per heavy atom. The lowest BCUT2D eigenvalue weighted by atomic mass is 9.97. The molecular weight excluding hydrogens is 454 g/mol. The van der Waals surface area contributed by atoms with Crippen LogP contribution in [-0.2, 0) is 34.0 Å². The van der Waals surface area contributed by atoms with Crippen molar-refractivity contribution in [3.8, 4) is 0 Å². The molecule has 0 spiro atoms. The van der Waals surface area contributed by atoms with Gasteiger partial charge < -0.3 is 4.90 Å². The maximum absolute atomic E-state index is 13.3. The van der Waals surface area contributed by atoms with Gasteiger partial charge in [0.05, 0.1) is 22.1 Å². The summed E-state index contributed by atoms with van der Waals surface area (Å²) in [6.45, 7) is 5.88. The van der Waals surface area contributed by atoms with E-state index in [1.807, 2.05) is 0 Å². The lowest BCUT2D eigenvalue weighted by Crippen LogP contribution is -2.42. The first kappa shape index (κ1) is 22.5. The van der Waals surface area contributed by atoms with Crippen molar-refractivity contribution in [1.82, 2.24) is 14.5 Å². The number of carbonyl (C=O) groups excluding carboxylic acids is 1. The van der Waals surface area contributed by atoms with E-state index in [1.165, 1.54) is 16.6 Å². The standard InChI is InChI=1S/C21H27N3O4S3/c1-4-10-24-20(26)17-15-7-5-6-8-16(15)30-18(17)22-21(24)29-13(2)19(25)23(3)14-9-11-31(27,28)12-14/h4,13-14H,1,5-12H2,2-3H3. The zero-order valence-electron chi connectivity index (χ0n) is 17.8. The number of aromatic nitrogens is 2. The van der Waals surface area contributed by atoms with E-state index in [9.17, 15) is 18.0 Å². The zero-order valence-corrected chi connectivity index (χ0v) is 20.2. The molecule has 2 atom stereocenters. The van der Waals surface area contributed by atoms with Gasteiger partial charge in [-0.25, -0.2) is 13.4 Å². The Hall–Kier alpha value is -1.65. The Kier molecular flexibility index (Phi) is 6.33. The van der Waals surface area contributed by atoms with E-state index in [1.54, 1.807) is 40.9 Å². The van der Waals surface area contributed by atoms with Gasteiger partial charge in [0, 0.05) is 24.5 Å². The van der Waals surface area contributed by atoms with E-state index < -0.39 is 15.1 Å². The minimum Gasteiger partial charge on any atom is -0.341 e. The molecule has 0 saturated carbocycles. The molecule has 1 aliphatic carbocycles. The molecule has 0 aromatic carbocycles. The van der Waals surface area contributed by atoms with Crippen molar-refractivity contribution in [1.29, 1.82) is 0 Å². The molecule has 1 fully saturated rings. The topological polar surface area (TPSA) is 89.3 Å². The second-order valence-electron chi connectivity index (χ2n) is 8.26. The normalized spacial score (nSPS) is 21.0. The number of allylic oxidation sites excluding steroid dienone is 1. The monoisotopic (exact) mass is 481 g/mol. The van der Waals surface area contributed by atoms with Gasteiger partial charge in [0.15, 0.2) is 15.0 Å². The van der Waals surface area contributed by atoms with Crippen molar-refractivity contribution < 1.29 is 13.2 Å². The summed E-state index contributed by atoms with van der Waals surface area (Å²) in [6, 6.07) is -0.296. The number of carbonyl (C=O) groups is 1. The number of hydrogen-bond acceptors (Lipinski definition) is 7. The average molecular weight is 482 g/mol. The summed E-state index contributed by atoms with van der Waals surface area (Å²) in [5.41, 5.74) is 1.08. The number of thioether (sulfide) groups is 1. The number of thiophene rings is 1. The van der Waals surface area contributed by atoms with Crippen molar-refractivity contribution in [2.45, 2.75) is 62.0 Å². The highest BCUT2D eigenvalue weighted by atomic mass is 32.2. The number of sulfone groups is 1. The largest absolute Gasteiger partial charge is 0.341 e. The number of hydrogen-bond donors (Lipinski definition) is 0. The van der Waals surface area contributed by atoms with Gasteiger partial charge in [-0.2, -0.15) is 0 Å². The minimum atomic E-state index is -3.07. The van der Waals surface area contributed by atoms with Crippen molar-refractivity contribution >= 4 is 49.1 Å². The van der Waals surface area contributed by atoms with E-state index in [2.05, 4.69) is 6.58 Å². The third-order valence-corrected chi connectivity index (χ3v) is 10.1. The van der Waals surface area contributed by atoms with Crippen molar-refractivity contribution in [2.75, 3.05) is 18.6 Å². The molecule has 1 saturated heterocycles. The van der Waals surface area contributed by atoms with E-state index in [0.717, 1.165) is 41.5 Å². The van der Waals surface area contributed by atoms with E-state index in [4.69, 9.17) is 4.98 Å². The van der Waals surface area contributed by atoms with E-state index >= 15 is 0 Å². The Bertz CT molecular complexity index is 1200. The molecule has 10 heteroatoms. The van der Waals surface area contributed by atoms with Crippen LogP contribution in [0.2, 0.25) is 0 Å². The van der Waals surface area contributed by atoms with Crippen LogP contribution in [0.4, 0.5) is 0 Å². The summed E-state index contributed by atoms with van der Waals surface area (Å²) in [4.78, 5) is 34.7. The maximum atomic E-state index is 13.3. The fourth-order valence-corrected chi connectivity index (χ4v) is 8.45. The lowest BCUT2D eigenvalue weighted by Gasteiger charge is -2.26. The van der Waals surface area contributed by atoms with Crippen LogP contribution >= 0.6 is 23.1 Å². The second kappa shape index (κ2) is 8.71. The highest BCUT2D eigenvalue weighted by molar-refractivity contribution is 8.00. The van der Waals surface area contributed by atoms with E-state index in [-0.39, 0.29) is 29.0 Å². The zero-order chi connectivity index (χ0) is 22.3. The summed E-state index contributed by atoms with van der Waals surface area (Å²) in [5.74, 6) is -0.0209. The van der Waals surface area contributed by atoms with Crippen LogP contribution in [0.15, 0.2) is 22.6 Å². The van der Waals surface area contributed by atoms with Crippen LogP contribution in [0.3, 0.4) is 0 Å². The Morgan fingerprint density at radius 3 is 2.84 bits per heavy atom. The molecule has 0 bridgehead atoms. The van der Waals surface area contributed by atoms with Gasteiger partial charge in [0.25, 0.3) is 5.56 Å². The van der Waals surface area contributed by atoms with Gasteiger partial charge in [-0.15, -0.1) is 17.9 Å². The van der Waals surface area contributed by atoms with Crippen LogP contribution in [0.5, 0.6) is 0 Å². The predicted molar refractivity (Wildman–Crippen MR) is 126 cm³/mol. The van der Waals surface area contributed by atoms with Crippen LogP contribution in [0.25, 0.3) is 10.2 Å². The Balaban J connectivity index is 1.64. The summed E-state index contributed by atoms with van der Waals surface area (Å²) < 4.78 is 25.2. The minimum absolute atomic E-state index is 0.0127. The average Bonchev–Trinajstić information content (AvgIpc) is 3.29. The molecule has 2 aliphatic rings. The number of aryl methyl sites for hydroxylation is 2. The molecule has 0 radical (unpaired) electrons. The molecule has 7 nitrogen and oxygen atoms in total. The molecule has 1 amide bonds. The van der Waals surface area contributed by atoms with Gasteiger partial charge in [-0.3, -0.25) is 14.2 Å². The highest BCUT2D eigenvalue weighted by Crippen LogP contribution is 2.35. The molecule has 2 aromatic heterocycles. The molecule has 168 valence electrons. The van der Waals surface area contributed by atoms with Crippen molar-refractivity contribution in [3.63, 3.8) is 0 Å². The lowest BCUT2D eigenvalue weighted by molar-refractivity contribution is -0.130. The van der Waals surface area contributed by atoms with Crippen LogP contribution in [-0.4, -0.2) is 58.6 Å². The first-order valence-electron chi connectivity index (χ1n) is 10.5. The van der Waals surface area contributed by atoms with Crippen molar-refractivity contribution in [3.05, 3.63) is 33.4 Å². The summed E-state index contributed by atoms with van der Waals surface area (Å²) in [7, 11) is -1.41. The first-order valence-corrected chi connectivity index (χ1v) is 14.0. The molecule has 2 unspecified atom stereocenters. The number of rotatable bonds is 6. The summed E-state index contributed by atoms with van der Waals surface area (Å²) >= 11 is 2.84. The fraction of sp³-hybridized carbons (Fsp3) is 0.571. The molecular formula is C21H27N3O4S3. The van der Waals surface area contributed by atoms with Gasteiger partial charge in [-0.05, 0) is 44.6 Å². The molecule has 4 rings (SSSR count). The Labute approximate surface area is 190 Å². The molecule has 3 heterocycles. The smallest absolute Gasteiger partial charge is 0.263 e. The number of amides is 1. The first-order chi connectivity index (χ1) is 14.7. The Morgan fingerprint density at radius 2 is 2.16 bits per heavy atom. The predicted octanol–water partition coefficient (Wildman–Crippen LogP) is 2.65. The summed E-state index contributed by atoms with van der Waals surface area (Å²) in [5, 5.41) is 0.728. The van der Waals surface area contributed by atoms with E-state index in [0.29, 0.717) is 18.1 Å². The molecule has 31 heavy (non-hydrogen) atoms. The fourth-order valence-electron chi connectivity index (χ4n) is 4.36. The maximum Gasteiger partial charge on any atom is 0.263 e. The van der Waals surface area contributed by atoms with Crippen LogP contribution in [0, 0.1) is 0 Å². The van der Waals surface area contributed by atoms with Crippen molar-refractivity contribution in [2.24, 2.45) is 0 Å². The molecule has 1 aliphatic heterocycles. The highest BCUT2D eigenvalue weighted by Gasteiger charge is 2.34. The van der Waals surface area contributed by atoms with Crippen LogP contribution < -0.4 is 5.56 Å². The molecule has 0 N–H and O–H groups in total. The van der Waals surface area contributed by atoms with Gasteiger partial charge in [0.1, 0.15) is 4.83 Å². The number of fused-ring (bicyclic) bond motifs is 3. The summed E-state index contributed by atoms with van der Waals surface area (Å²) in [6.07, 6.45) is 6.26. The SMILES string of the molecule is C=CCn1c(SC(C)C(=O)N(C)C2CCS(=O)(=O)C2)nc2sc3c(c2c1=O)CCCC3. The third kappa shape index (κ3) is 4.34. The van der Waals surface area contributed by atoms with Crippen LogP contribution in [0.1, 0.15) is 36.6 Å². The third-order valence-electron chi connectivity index (χ3n) is 6.09. The van der Waals surface area contributed by atoms with Gasteiger partial charge in [-0.1, -0.05) is 17.8 Å². The van der Waals surface area contributed by atoms with Gasteiger partial charge in [0.2, 0.25) is 5.91 Å². The quantitative estimate of drug-likeness (QED) is 0.358. The number of nitrogens with zero attached hydrogens (tertiary/aromatic N) is 3. The molecule has 2 aromatic rings. The second-order valence-corrected chi connectivity index (χ2v) is 12.9. The van der Waals surface area contributed by atoms with Gasteiger partial charge >= 0.3 is 0 Å².